The van der Waals surface area contributed by atoms with Gasteiger partial charge in [0.2, 0.25) is 0 Å². The Morgan fingerprint density at radius 2 is 2.50 bits per heavy atom. The van der Waals surface area contributed by atoms with Crippen molar-refractivity contribution in [2.24, 2.45) is 0 Å². The first-order valence-corrected chi connectivity index (χ1v) is 2.34. The topological polar surface area (TPSA) is 61.1 Å². The summed E-state index contributed by atoms with van der Waals surface area (Å²) in [6.07, 6.45) is 0. The fourth-order valence-corrected chi connectivity index (χ4v) is 0.321. The smallest absolute Gasteiger partial charge is 0.312 e. The van der Waals surface area contributed by atoms with Gasteiger partial charge in [0, 0.05) is 0 Å². The Kier molecular flexibility index (Phi) is 2.71. The number of hydrogen-bond acceptors (Lipinski definition) is 2. The quantitative estimate of drug-likeness (QED) is 0.504. The molecule has 0 fully saturated rings. The van der Waals surface area contributed by atoms with Crippen LogP contribution in [0.4, 0.5) is 0 Å². The monoisotopic (exact) mass is 111 g/mol. The first-order valence-electron chi connectivity index (χ1n) is 2.34. The van der Waals surface area contributed by atoms with Gasteiger partial charge >= 0.3 is 5.97 Å². The Morgan fingerprint density at radius 1 is 2.00 bits per heavy atom. The molecule has 0 aliphatic heterocycles. The summed E-state index contributed by atoms with van der Waals surface area (Å²) in [6, 6.07) is 1.65. The molecule has 0 aliphatic rings. The Labute approximate surface area is 48.2 Å². The number of aliphatic carboxylic acids is 1. The van der Waals surface area contributed by atoms with E-state index in [9.17, 15) is 4.79 Å². The molecular formula is C4H6BNO2. The highest BCUT2D eigenvalue weighted by molar-refractivity contribution is 6.43. The second-order valence-corrected chi connectivity index (χ2v) is 1.43. The van der Waals surface area contributed by atoms with Crippen LogP contribution in [0.1, 0.15) is 0 Å². The summed E-state index contributed by atoms with van der Waals surface area (Å²) in [5, 5.41) is 16.2. The average molecular weight is 111 g/mol. The van der Waals surface area contributed by atoms with Crippen LogP contribution in [0.2, 0.25) is 12.6 Å². The highest BCUT2D eigenvalue weighted by Crippen LogP contribution is 1.97. The number of rotatable bonds is 2. The predicted octanol–water partition coefficient (Wildman–Crippen LogP) is -0.132. The van der Waals surface area contributed by atoms with Crippen LogP contribution in [-0.4, -0.2) is 18.4 Å². The Bertz CT molecular complexity index is 128. The van der Waals surface area contributed by atoms with Gasteiger partial charge in [0.15, 0.2) is 7.28 Å². The number of carboxylic acids is 1. The van der Waals surface area contributed by atoms with E-state index in [1.165, 1.54) is 0 Å². The molecule has 1 atom stereocenters. The van der Waals surface area contributed by atoms with Gasteiger partial charge in [-0.1, -0.05) is 6.82 Å². The molecule has 0 aromatic rings. The van der Waals surface area contributed by atoms with Crippen LogP contribution in [0.3, 0.4) is 0 Å². The molecule has 0 amide bonds. The van der Waals surface area contributed by atoms with E-state index in [1.807, 2.05) is 0 Å². The summed E-state index contributed by atoms with van der Waals surface area (Å²) in [6.45, 7) is 1.67. The minimum absolute atomic E-state index is 0.381. The predicted molar refractivity (Wildman–Crippen MR) is 30.0 cm³/mol. The van der Waals surface area contributed by atoms with Crippen LogP contribution in [0.25, 0.3) is 0 Å². The van der Waals surface area contributed by atoms with Gasteiger partial charge in [-0.25, -0.2) is 0 Å². The minimum atomic E-state index is -1.03. The summed E-state index contributed by atoms with van der Waals surface area (Å²) < 4.78 is 0. The van der Waals surface area contributed by atoms with E-state index in [4.69, 9.17) is 10.4 Å². The van der Waals surface area contributed by atoms with Gasteiger partial charge in [-0.2, -0.15) is 5.26 Å². The fourth-order valence-electron chi connectivity index (χ4n) is 0.321. The molecule has 0 aromatic heterocycles. The van der Waals surface area contributed by atoms with Crippen LogP contribution in [-0.2, 0) is 4.79 Å². The van der Waals surface area contributed by atoms with Crippen LogP contribution in [0, 0.1) is 11.3 Å². The lowest BCUT2D eigenvalue weighted by molar-refractivity contribution is -0.135. The Morgan fingerprint density at radius 3 is 2.50 bits per heavy atom. The molecule has 42 valence electrons. The maximum atomic E-state index is 9.94. The Balaban J connectivity index is 3.76. The van der Waals surface area contributed by atoms with Gasteiger partial charge in [-0.05, 0) is 0 Å². The van der Waals surface area contributed by atoms with Crippen LogP contribution in [0.15, 0.2) is 0 Å². The molecular weight excluding hydrogens is 105 g/mol. The Hall–Kier alpha value is -0.975. The lowest BCUT2D eigenvalue weighted by Crippen LogP contribution is -2.09. The molecule has 8 heavy (non-hydrogen) atoms. The number of nitriles is 1. The zero-order valence-corrected chi connectivity index (χ0v) is 4.59. The molecule has 0 heterocycles. The number of carboxylic acid groups (broad SMARTS) is 1. The molecule has 0 radical (unpaired) electrons. The third-order valence-electron chi connectivity index (χ3n) is 0.862. The van der Waals surface area contributed by atoms with Crippen molar-refractivity contribution in [1.82, 2.24) is 0 Å². The van der Waals surface area contributed by atoms with Crippen molar-refractivity contribution in [1.29, 1.82) is 5.26 Å². The normalized spacial score (nSPS) is 11.5. The summed E-state index contributed by atoms with van der Waals surface area (Å²) in [5.74, 6) is -1.86. The SMILES string of the molecule is CBC(C#N)C(=O)O. The summed E-state index contributed by atoms with van der Waals surface area (Å²) >= 11 is 0. The van der Waals surface area contributed by atoms with E-state index in [0.29, 0.717) is 7.28 Å². The highest BCUT2D eigenvalue weighted by Gasteiger charge is 2.12. The van der Waals surface area contributed by atoms with Crippen molar-refractivity contribution in [2.45, 2.75) is 12.6 Å². The lowest BCUT2D eigenvalue weighted by atomic mass is 9.68. The van der Waals surface area contributed by atoms with Crippen molar-refractivity contribution in [3.05, 3.63) is 0 Å². The zero-order valence-electron chi connectivity index (χ0n) is 4.59. The van der Waals surface area contributed by atoms with Gasteiger partial charge in [-0.3, -0.25) is 4.79 Å². The standard InChI is InChI=1S/C4H6BNO2/c1-5-3(2-6)4(7)8/h3,5H,1H3,(H,7,8). The second-order valence-electron chi connectivity index (χ2n) is 1.43. The highest BCUT2D eigenvalue weighted by atomic mass is 16.4. The molecule has 3 nitrogen and oxygen atoms in total. The lowest BCUT2D eigenvalue weighted by Gasteiger charge is -1.91. The summed E-state index contributed by atoms with van der Waals surface area (Å²) in [4.78, 5) is 9.94. The first kappa shape index (κ1) is 7.02. The first-order chi connectivity index (χ1) is 3.72. The van der Waals surface area contributed by atoms with Crippen LogP contribution < -0.4 is 0 Å². The van der Waals surface area contributed by atoms with Gasteiger partial charge < -0.3 is 5.11 Å². The third kappa shape index (κ3) is 1.65. The number of hydrogen-bond donors (Lipinski definition) is 1. The van der Waals surface area contributed by atoms with E-state index in [1.54, 1.807) is 12.9 Å². The van der Waals surface area contributed by atoms with Gasteiger partial charge in [-0.15, -0.1) is 0 Å². The molecule has 1 unspecified atom stereocenters. The minimum Gasteiger partial charge on any atom is -0.481 e. The molecule has 0 spiro atoms. The van der Waals surface area contributed by atoms with Crippen molar-refractivity contribution in [3.63, 3.8) is 0 Å². The molecule has 4 heteroatoms. The van der Waals surface area contributed by atoms with E-state index in [2.05, 4.69) is 0 Å². The van der Waals surface area contributed by atoms with E-state index in [0.717, 1.165) is 0 Å². The van der Waals surface area contributed by atoms with Gasteiger partial charge in [0.25, 0.3) is 0 Å². The van der Waals surface area contributed by atoms with E-state index < -0.39 is 11.8 Å². The maximum absolute atomic E-state index is 9.94. The van der Waals surface area contributed by atoms with Gasteiger partial charge in [0.1, 0.15) is 5.82 Å². The van der Waals surface area contributed by atoms with Crippen molar-refractivity contribution in [3.8, 4) is 6.07 Å². The van der Waals surface area contributed by atoms with E-state index in [-0.39, 0.29) is 0 Å². The van der Waals surface area contributed by atoms with Crippen molar-refractivity contribution >= 4 is 13.2 Å². The maximum Gasteiger partial charge on any atom is 0.312 e. The molecule has 1 N–H and O–H groups in total. The molecule has 0 aliphatic carbocycles. The summed E-state index contributed by atoms with van der Waals surface area (Å²) in [7, 11) is 0.381. The molecule has 0 aromatic carbocycles. The number of carbonyl (C=O) groups is 1. The van der Waals surface area contributed by atoms with Crippen LogP contribution >= 0.6 is 0 Å². The van der Waals surface area contributed by atoms with Crippen molar-refractivity contribution < 1.29 is 9.90 Å². The average Bonchev–Trinajstić information content (AvgIpc) is 1.69. The zero-order chi connectivity index (χ0) is 6.57. The third-order valence-corrected chi connectivity index (χ3v) is 0.862. The molecule has 0 bridgehead atoms. The second kappa shape index (κ2) is 3.08. The number of nitrogens with zero attached hydrogens (tertiary/aromatic N) is 1. The summed E-state index contributed by atoms with van der Waals surface area (Å²) in [5.41, 5.74) is 0. The molecule has 0 saturated heterocycles. The van der Waals surface area contributed by atoms with Gasteiger partial charge in [0.05, 0.1) is 6.07 Å². The molecule has 0 saturated carbocycles. The largest absolute Gasteiger partial charge is 0.481 e. The van der Waals surface area contributed by atoms with Crippen LogP contribution in [0.5, 0.6) is 0 Å². The fraction of sp³-hybridized carbons (Fsp3) is 0.500. The molecule has 0 rings (SSSR count). The van der Waals surface area contributed by atoms with Crippen molar-refractivity contribution in [2.75, 3.05) is 0 Å². The van der Waals surface area contributed by atoms with E-state index >= 15 is 0 Å².